The molecule has 0 bridgehead atoms. The van der Waals surface area contributed by atoms with Crippen LogP contribution in [0.2, 0.25) is 5.02 Å². The fraction of sp³-hybridized carbons (Fsp3) is 0.450. The molecule has 0 unspecified atom stereocenters. The van der Waals surface area contributed by atoms with Gasteiger partial charge in [0.1, 0.15) is 32.2 Å². The van der Waals surface area contributed by atoms with Gasteiger partial charge in [-0.25, -0.2) is 0 Å². The van der Waals surface area contributed by atoms with Gasteiger partial charge in [-0.15, -0.1) is 11.3 Å². The predicted molar refractivity (Wildman–Crippen MR) is 107 cm³/mol. The van der Waals surface area contributed by atoms with Gasteiger partial charge >= 0.3 is 0 Å². The first-order valence-corrected chi connectivity index (χ1v) is 10.6. The number of benzene rings is 1. The van der Waals surface area contributed by atoms with Crippen LogP contribution in [-0.2, 0) is 0 Å². The van der Waals surface area contributed by atoms with Gasteiger partial charge in [0.2, 0.25) is 0 Å². The molecular weight excluding hydrogens is 366 g/mol. The maximum absolute atomic E-state index is 12.7. The summed E-state index contributed by atoms with van der Waals surface area (Å²) >= 11 is 7.82. The van der Waals surface area contributed by atoms with E-state index in [1.165, 1.54) is 24.5 Å². The normalized spacial score (nSPS) is 22.6. The molecule has 0 spiro atoms. The fourth-order valence-corrected chi connectivity index (χ4v) is 5.04. The van der Waals surface area contributed by atoms with Crippen LogP contribution in [0, 0.1) is 0 Å². The minimum Gasteiger partial charge on any atom is -0.343 e. The number of rotatable bonds is 6. The second-order valence-corrected chi connectivity index (χ2v) is 8.44. The molecule has 1 saturated heterocycles. The molecule has 1 aliphatic rings. The average Bonchev–Trinajstić information content (AvgIpc) is 3.16. The highest BCUT2D eigenvalue weighted by Crippen LogP contribution is 2.20. The van der Waals surface area contributed by atoms with E-state index in [9.17, 15) is 4.79 Å². The van der Waals surface area contributed by atoms with Crippen molar-refractivity contribution in [3.8, 4) is 0 Å². The minimum atomic E-state index is -0.0567. The summed E-state index contributed by atoms with van der Waals surface area (Å²) in [5, 5.41) is 5.93. The van der Waals surface area contributed by atoms with Gasteiger partial charge < -0.3 is 15.1 Å². The Balaban J connectivity index is 1.73. The number of amides is 1. The number of hydrogen-bond donors (Lipinski definition) is 3. The molecule has 0 aliphatic carbocycles. The summed E-state index contributed by atoms with van der Waals surface area (Å²) in [5.41, 5.74) is 0.615. The Morgan fingerprint density at radius 2 is 2.00 bits per heavy atom. The molecule has 1 fully saturated rings. The molecule has 3 N–H and O–H groups in total. The smallest absolute Gasteiger partial charge is 0.251 e. The third-order valence-electron chi connectivity index (χ3n) is 5.33. The van der Waals surface area contributed by atoms with E-state index in [0.717, 1.165) is 13.1 Å². The lowest BCUT2D eigenvalue weighted by molar-refractivity contribution is -1.03. The topological polar surface area (TPSA) is 38.0 Å². The molecule has 0 saturated carbocycles. The first-order chi connectivity index (χ1) is 12.6. The number of quaternary nitrogens is 2. The zero-order chi connectivity index (χ0) is 18.5. The highest BCUT2D eigenvalue weighted by molar-refractivity contribution is 7.10. The molecule has 0 radical (unpaired) electrons. The molecule has 1 aromatic heterocycles. The molecule has 3 rings (SSSR count). The van der Waals surface area contributed by atoms with Gasteiger partial charge in [0, 0.05) is 10.6 Å². The highest BCUT2D eigenvalue weighted by atomic mass is 35.5. The molecule has 6 heteroatoms. The van der Waals surface area contributed by atoms with Crippen LogP contribution in [0.3, 0.4) is 0 Å². The van der Waals surface area contributed by atoms with Crippen LogP contribution < -0.4 is 15.1 Å². The quantitative estimate of drug-likeness (QED) is 0.674. The number of nitrogens with one attached hydrogen (secondary N) is 3. The minimum absolute atomic E-state index is 0.0540. The number of carbonyl (C=O) groups excluding carboxylic acids is 1. The van der Waals surface area contributed by atoms with E-state index in [2.05, 4.69) is 36.7 Å². The van der Waals surface area contributed by atoms with E-state index in [4.69, 9.17) is 11.6 Å². The van der Waals surface area contributed by atoms with E-state index in [-0.39, 0.29) is 18.0 Å². The molecule has 1 aliphatic heterocycles. The van der Waals surface area contributed by atoms with E-state index in [1.807, 2.05) is 12.1 Å². The Bertz CT molecular complexity index is 714. The van der Waals surface area contributed by atoms with Crippen molar-refractivity contribution in [1.82, 2.24) is 5.32 Å². The van der Waals surface area contributed by atoms with Gasteiger partial charge in [0.05, 0.1) is 17.5 Å². The first kappa shape index (κ1) is 19.4. The van der Waals surface area contributed by atoms with Crippen LogP contribution in [0.25, 0.3) is 0 Å². The number of carbonyl (C=O) groups is 1. The summed E-state index contributed by atoms with van der Waals surface area (Å²) in [6.45, 7) is 10.2. The van der Waals surface area contributed by atoms with Gasteiger partial charge in [-0.3, -0.25) is 4.79 Å². The Kier molecular flexibility index (Phi) is 6.70. The monoisotopic (exact) mass is 393 g/mol. The maximum Gasteiger partial charge on any atom is 0.251 e. The summed E-state index contributed by atoms with van der Waals surface area (Å²) in [4.78, 5) is 17.3. The van der Waals surface area contributed by atoms with Crippen molar-refractivity contribution in [1.29, 1.82) is 0 Å². The molecule has 2 heterocycles. The van der Waals surface area contributed by atoms with Crippen molar-refractivity contribution in [3.63, 3.8) is 0 Å². The van der Waals surface area contributed by atoms with Gasteiger partial charge in [0.25, 0.3) is 5.91 Å². The fourth-order valence-electron chi connectivity index (χ4n) is 3.86. The average molecular weight is 394 g/mol. The number of halogens is 1. The summed E-state index contributed by atoms with van der Waals surface area (Å²) in [6, 6.07) is 11.8. The van der Waals surface area contributed by atoms with Crippen molar-refractivity contribution in [2.75, 3.05) is 32.7 Å². The third kappa shape index (κ3) is 4.65. The van der Waals surface area contributed by atoms with Gasteiger partial charge in [-0.05, 0) is 43.5 Å². The Morgan fingerprint density at radius 3 is 2.62 bits per heavy atom. The van der Waals surface area contributed by atoms with Crippen molar-refractivity contribution >= 4 is 28.8 Å². The number of likely N-dealkylation sites (N-methyl/N-ethyl adjacent to an activating group) is 1. The number of thiophene rings is 1. The Morgan fingerprint density at radius 1 is 1.23 bits per heavy atom. The number of piperazine rings is 1. The first-order valence-electron chi connectivity index (χ1n) is 9.36. The zero-order valence-corrected chi connectivity index (χ0v) is 17.0. The summed E-state index contributed by atoms with van der Waals surface area (Å²) in [6.07, 6.45) is 0. The standard InChI is InChI=1S/C20H26ClN3OS/c1-3-23-9-11-24(12-10-23)19(18-8-5-13-26-18)15(2)22-20(25)16-6-4-7-17(21)14-16/h4-8,13-15,19H,3,9-12H2,1-2H3,(H,22,25)/p+2/t15-,19+/m0/s1. The van der Waals surface area contributed by atoms with E-state index in [0.29, 0.717) is 10.6 Å². The molecule has 1 amide bonds. The van der Waals surface area contributed by atoms with E-state index in [1.54, 1.807) is 33.3 Å². The van der Waals surface area contributed by atoms with Crippen molar-refractivity contribution in [3.05, 3.63) is 57.2 Å². The molecule has 26 heavy (non-hydrogen) atoms. The Labute approximate surface area is 164 Å². The molecule has 2 aromatic rings. The predicted octanol–water partition coefficient (Wildman–Crippen LogP) is 1.06. The van der Waals surface area contributed by atoms with Crippen LogP contribution in [0.15, 0.2) is 41.8 Å². The van der Waals surface area contributed by atoms with E-state index >= 15 is 0 Å². The largest absolute Gasteiger partial charge is 0.343 e. The summed E-state index contributed by atoms with van der Waals surface area (Å²) < 4.78 is 0. The molecule has 4 nitrogen and oxygen atoms in total. The summed E-state index contributed by atoms with van der Waals surface area (Å²) in [7, 11) is 0. The lowest BCUT2D eigenvalue weighted by Crippen LogP contribution is -3.28. The lowest BCUT2D eigenvalue weighted by atomic mass is 10.0. The van der Waals surface area contributed by atoms with Gasteiger partial charge in [-0.2, -0.15) is 0 Å². The van der Waals surface area contributed by atoms with Gasteiger partial charge in [-0.1, -0.05) is 23.7 Å². The van der Waals surface area contributed by atoms with Gasteiger partial charge in [0.15, 0.2) is 0 Å². The molecular formula is C20H28ClN3OS+2. The summed E-state index contributed by atoms with van der Waals surface area (Å²) in [5.74, 6) is -0.0567. The number of hydrogen-bond acceptors (Lipinski definition) is 2. The molecule has 2 atom stereocenters. The highest BCUT2D eigenvalue weighted by Gasteiger charge is 2.35. The Hall–Kier alpha value is -1.40. The van der Waals surface area contributed by atoms with Crippen molar-refractivity contribution in [2.24, 2.45) is 0 Å². The zero-order valence-electron chi connectivity index (χ0n) is 15.4. The third-order valence-corrected chi connectivity index (χ3v) is 6.52. The van der Waals surface area contributed by atoms with Crippen LogP contribution in [0.4, 0.5) is 0 Å². The second kappa shape index (κ2) is 9.00. The van der Waals surface area contributed by atoms with Crippen LogP contribution in [0.1, 0.15) is 35.1 Å². The van der Waals surface area contributed by atoms with Crippen LogP contribution in [0.5, 0.6) is 0 Å². The molecule has 140 valence electrons. The van der Waals surface area contributed by atoms with Crippen molar-refractivity contribution in [2.45, 2.75) is 25.9 Å². The van der Waals surface area contributed by atoms with E-state index < -0.39 is 0 Å². The SMILES string of the molecule is CC[NH+]1CC[NH+]([C@@H](c2cccs2)[C@H](C)NC(=O)c2cccc(Cl)c2)CC1. The second-order valence-electron chi connectivity index (χ2n) is 7.03. The van der Waals surface area contributed by atoms with Crippen LogP contribution in [-0.4, -0.2) is 44.7 Å². The molecule has 1 aromatic carbocycles. The lowest BCUT2D eigenvalue weighted by Gasteiger charge is -2.36. The van der Waals surface area contributed by atoms with Crippen LogP contribution >= 0.6 is 22.9 Å². The van der Waals surface area contributed by atoms with Crippen molar-refractivity contribution < 1.29 is 14.6 Å². The maximum atomic E-state index is 12.7.